The van der Waals surface area contributed by atoms with Crippen LogP contribution >= 0.6 is 23.2 Å². The Morgan fingerprint density at radius 2 is 2.04 bits per heavy atom. The Morgan fingerprint density at radius 3 is 2.65 bits per heavy atom. The van der Waals surface area contributed by atoms with Gasteiger partial charge < -0.3 is 10.1 Å². The maximum Gasteiger partial charge on any atom is 0.343 e. The second kappa shape index (κ2) is 8.51. The first-order valence-corrected chi connectivity index (χ1v) is 8.59. The number of hydrogen-bond acceptors (Lipinski definition) is 4. The highest BCUT2D eigenvalue weighted by molar-refractivity contribution is 6.32. The van der Waals surface area contributed by atoms with Gasteiger partial charge in [0.2, 0.25) is 0 Å². The lowest BCUT2D eigenvalue weighted by atomic mass is 10.2. The van der Waals surface area contributed by atoms with Crippen molar-refractivity contribution < 1.29 is 18.7 Å². The Bertz CT molecular complexity index is 837. The van der Waals surface area contributed by atoms with Crippen LogP contribution in [0, 0.1) is 18.7 Å². The smallest absolute Gasteiger partial charge is 0.343 e. The van der Waals surface area contributed by atoms with E-state index < -0.39 is 24.3 Å². The fourth-order valence-electron chi connectivity index (χ4n) is 2.23. The van der Waals surface area contributed by atoms with Gasteiger partial charge in [-0.3, -0.25) is 9.48 Å². The molecule has 0 atom stereocenters. The number of ether oxygens (including phenoxy) is 1. The van der Waals surface area contributed by atoms with Crippen molar-refractivity contribution in [3.8, 4) is 0 Å². The summed E-state index contributed by atoms with van der Waals surface area (Å²) < 4.78 is 20.1. The van der Waals surface area contributed by atoms with Crippen LogP contribution in [-0.4, -0.2) is 28.3 Å². The first kappa shape index (κ1) is 20.2. The Balaban J connectivity index is 2.00. The van der Waals surface area contributed by atoms with Gasteiger partial charge >= 0.3 is 5.97 Å². The van der Waals surface area contributed by atoms with Crippen LogP contribution in [0.15, 0.2) is 18.2 Å². The van der Waals surface area contributed by atoms with Crippen LogP contribution in [0.4, 0.5) is 10.1 Å². The van der Waals surface area contributed by atoms with E-state index in [-0.39, 0.29) is 27.3 Å². The van der Waals surface area contributed by atoms with Crippen LogP contribution in [-0.2, 0) is 16.1 Å². The minimum atomic E-state index is -0.769. The van der Waals surface area contributed by atoms with E-state index in [1.807, 2.05) is 13.8 Å². The van der Waals surface area contributed by atoms with Crippen LogP contribution < -0.4 is 5.32 Å². The molecule has 0 spiro atoms. The molecule has 1 aromatic heterocycles. The summed E-state index contributed by atoms with van der Waals surface area (Å²) in [5, 5.41) is 6.87. The van der Waals surface area contributed by atoms with Gasteiger partial charge in [0.05, 0.1) is 11.4 Å². The fraction of sp³-hybridized carbons (Fsp3) is 0.353. The van der Waals surface area contributed by atoms with E-state index in [1.165, 1.54) is 16.8 Å². The number of rotatable bonds is 6. The summed E-state index contributed by atoms with van der Waals surface area (Å²) >= 11 is 11.8. The van der Waals surface area contributed by atoms with E-state index in [0.29, 0.717) is 12.2 Å². The number of hydrogen-bond donors (Lipinski definition) is 1. The second-order valence-corrected chi connectivity index (χ2v) is 6.87. The highest BCUT2D eigenvalue weighted by atomic mass is 35.5. The number of aromatic nitrogens is 2. The molecule has 9 heteroatoms. The van der Waals surface area contributed by atoms with Crippen molar-refractivity contribution >= 4 is 40.8 Å². The van der Waals surface area contributed by atoms with Crippen molar-refractivity contribution in [2.24, 2.45) is 5.92 Å². The topological polar surface area (TPSA) is 73.2 Å². The number of carbonyl (C=O) groups is 2. The van der Waals surface area contributed by atoms with Crippen molar-refractivity contribution in [2.45, 2.75) is 27.3 Å². The molecule has 2 aromatic rings. The zero-order valence-corrected chi connectivity index (χ0v) is 16.0. The largest absolute Gasteiger partial charge is 0.452 e. The van der Waals surface area contributed by atoms with Crippen molar-refractivity contribution in [2.75, 3.05) is 11.9 Å². The third kappa shape index (κ3) is 4.95. The highest BCUT2D eigenvalue weighted by Gasteiger charge is 2.23. The number of carbonyl (C=O) groups excluding carboxylic acids is 2. The second-order valence-electron chi connectivity index (χ2n) is 6.08. The summed E-state index contributed by atoms with van der Waals surface area (Å²) in [5.41, 5.74) is 0.456. The quantitative estimate of drug-likeness (QED) is 0.739. The average Bonchev–Trinajstić information content (AvgIpc) is 2.81. The molecular weight excluding hydrogens is 384 g/mol. The molecular formula is C17H18Cl2FN3O3. The van der Waals surface area contributed by atoms with Crippen LogP contribution in [0.2, 0.25) is 10.2 Å². The zero-order valence-electron chi connectivity index (χ0n) is 14.5. The summed E-state index contributed by atoms with van der Waals surface area (Å²) in [5.74, 6) is -1.86. The molecule has 0 aliphatic heterocycles. The summed E-state index contributed by atoms with van der Waals surface area (Å²) in [6, 6.07) is 3.81. The normalized spacial score (nSPS) is 10.9. The molecule has 1 amide bonds. The van der Waals surface area contributed by atoms with E-state index in [0.717, 1.165) is 6.07 Å². The van der Waals surface area contributed by atoms with Gasteiger partial charge in [-0.25, -0.2) is 9.18 Å². The van der Waals surface area contributed by atoms with Crippen molar-refractivity contribution in [3.05, 3.63) is 45.4 Å². The van der Waals surface area contributed by atoms with Crippen molar-refractivity contribution in [3.63, 3.8) is 0 Å². The molecule has 0 bridgehead atoms. The molecule has 140 valence electrons. The van der Waals surface area contributed by atoms with E-state index >= 15 is 0 Å². The first-order valence-electron chi connectivity index (χ1n) is 7.84. The molecule has 0 fully saturated rings. The maximum absolute atomic E-state index is 13.7. The molecule has 0 unspecified atom stereocenters. The number of amides is 1. The summed E-state index contributed by atoms with van der Waals surface area (Å²) in [4.78, 5) is 24.1. The van der Waals surface area contributed by atoms with E-state index in [4.69, 9.17) is 27.9 Å². The predicted octanol–water partition coefficient (Wildman–Crippen LogP) is 4.09. The number of benzene rings is 1. The van der Waals surface area contributed by atoms with Gasteiger partial charge in [0, 0.05) is 11.6 Å². The predicted molar refractivity (Wildman–Crippen MR) is 97.1 cm³/mol. The Hall–Kier alpha value is -2.12. The Morgan fingerprint density at radius 1 is 1.35 bits per heavy atom. The molecule has 1 heterocycles. The summed E-state index contributed by atoms with van der Waals surface area (Å²) in [6.07, 6.45) is 0. The van der Waals surface area contributed by atoms with Crippen LogP contribution in [0.5, 0.6) is 0 Å². The number of aryl methyl sites for hydroxylation is 1. The van der Waals surface area contributed by atoms with Gasteiger partial charge in [0.1, 0.15) is 16.5 Å². The maximum atomic E-state index is 13.7. The number of nitrogens with zero attached hydrogens (tertiary/aromatic N) is 2. The molecule has 1 aromatic carbocycles. The average molecular weight is 402 g/mol. The minimum Gasteiger partial charge on any atom is -0.452 e. The summed E-state index contributed by atoms with van der Waals surface area (Å²) in [7, 11) is 0. The molecule has 0 saturated heterocycles. The lowest BCUT2D eigenvalue weighted by Crippen LogP contribution is -2.21. The Labute approximate surface area is 160 Å². The Kier molecular flexibility index (Phi) is 6.61. The van der Waals surface area contributed by atoms with E-state index in [1.54, 1.807) is 6.92 Å². The molecule has 26 heavy (non-hydrogen) atoms. The minimum absolute atomic E-state index is 0.0607. The van der Waals surface area contributed by atoms with Gasteiger partial charge in [-0.05, 0) is 31.0 Å². The van der Waals surface area contributed by atoms with Crippen molar-refractivity contribution in [1.82, 2.24) is 9.78 Å². The van der Waals surface area contributed by atoms with E-state index in [2.05, 4.69) is 10.4 Å². The molecule has 2 rings (SSSR count). The third-order valence-electron chi connectivity index (χ3n) is 3.35. The van der Waals surface area contributed by atoms with Gasteiger partial charge in [0.25, 0.3) is 5.91 Å². The zero-order chi connectivity index (χ0) is 19.4. The van der Waals surface area contributed by atoms with Gasteiger partial charge in [-0.2, -0.15) is 5.10 Å². The molecule has 0 radical (unpaired) electrons. The monoisotopic (exact) mass is 401 g/mol. The van der Waals surface area contributed by atoms with Crippen LogP contribution in [0.3, 0.4) is 0 Å². The molecule has 6 nitrogen and oxygen atoms in total. The molecule has 0 aliphatic carbocycles. The fourth-order valence-corrected chi connectivity index (χ4v) is 2.71. The number of esters is 1. The van der Waals surface area contributed by atoms with Crippen LogP contribution in [0.25, 0.3) is 0 Å². The first-order chi connectivity index (χ1) is 12.2. The highest BCUT2D eigenvalue weighted by Crippen LogP contribution is 2.22. The summed E-state index contributed by atoms with van der Waals surface area (Å²) in [6.45, 7) is 5.56. The van der Waals surface area contributed by atoms with E-state index in [9.17, 15) is 14.0 Å². The number of nitrogens with one attached hydrogen (secondary N) is 1. The standard InChI is InChI=1S/C17H18Cl2FN3O3/c1-9(2)7-23-16(19)15(10(3)22-23)17(25)26-8-14(24)21-13-5-4-11(18)6-12(13)20/h4-6,9H,7-8H2,1-3H3,(H,21,24). The van der Waals surface area contributed by atoms with Crippen LogP contribution in [0.1, 0.15) is 29.9 Å². The van der Waals surface area contributed by atoms with Gasteiger partial charge in [-0.15, -0.1) is 0 Å². The molecule has 0 saturated carbocycles. The number of anilines is 1. The van der Waals surface area contributed by atoms with Crippen molar-refractivity contribution in [1.29, 1.82) is 0 Å². The van der Waals surface area contributed by atoms with Gasteiger partial charge in [0.15, 0.2) is 6.61 Å². The SMILES string of the molecule is Cc1nn(CC(C)C)c(Cl)c1C(=O)OCC(=O)Nc1ccc(Cl)cc1F. The lowest BCUT2D eigenvalue weighted by Gasteiger charge is -2.08. The number of halogens is 3. The molecule has 1 N–H and O–H groups in total. The lowest BCUT2D eigenvalue weighted by molar-refractivity contribution is -0.119. The van der Waals surface area contributed by atoms with Gasteiger partial charge in [-0.1, -0.05) is 37.0 Å². The third-order valence-corrected chi connectivity index (χ3v) is 3.97. The molecule has 0 aliphatic rings.